The zero-order valence-electron chi connectivity index (χ0n) is 10.7. The maximum Gasteiger partial charge on any atom is 0.153 e. The maximum atomic E-state index is 11.3. The van der Waals surface area contributed by atoms with Crippen molar-refractivity contribution in [1.29, 1.82) is 0 Å². The first-order valence-electron chi connectivity index (χ1n) is 6.05. The summed E-state index contributed by atoms with van der Waals surface area (Å²) >= 11 is 0. The van der Waals surface area contributed by atoms with E-state index >= 15 is 0 Å². The Bertz CT molecular complexity index is 628. The lowest BCUT2D eigenvalue weighted by Crippen LogP contribution is -1.89. The lowest BCUT2D eigenvalue weighted by molar-refractivity contribution is -0.112. The lowest BCUT2D eigenvalue weighted by Gasteiger charge is -2.07. The van der Waals surface area contributed by atoms with E-state index in [1.54, 1.807) is 13.0 Å². The van der Waals surface area contributed by atoms with Crippen LogP contribution in [-0.4, -0.2) is 5.78 Å². The molecule has 0 heterocycles. The second-order valence-corrected chi connectivity index (χ2v) is 4.24. The van der Waals surface area contributed by atoms with Gasteiger partial charge in [-0.05, 0) is 41.8 Å². The van der Waals surface area contributed by atoms with Crippen molar-refractivity contribution in [1.82, 2.24) is 0 Å². The van der Waals surface area contributed by atoms with E-state index in [0.717, 1.165) is 11.1 Å². The van der Waals surface area contributed by atoms with Crippen LogP contribution in [0.4, 0.5) is 0 Å². The van der Waals surface area contributed by atoms with Gasteiger partial charge >= 0.3 is 0 Å². The minimum Gasteiger partial charge on any atom is -0.295 e. The predicted molar refractivity (Wildman–Crippen MR) is 77.4 cm³/mol. The summed E-state index contributed by atoms with van der Waals surface area (Å²) in [4.78, 5) is 11.3. The predicted octanol–water partition coefficient (Wildman–Crippen LogP) is 4.39. The highest BCUT2D eigenvalue weighted by atomic mass is 16.1. The number of hydrogen-bond acceptors (Lipinski definition) is 1. The summed E-state index contributed by atoms with van der Waals surface area (Å²) in [5.41, 5.74) is 2.06. The Kier molecular flexibility index (Phi) is 3.73. The van der Waals surface area contributed by atoms with E-state index in [2.05, 4.69) is 24.3 Å². The number of carbonyl (C=O) groups excluding carboxylic acids is 1. The second-order valence-electron chi connectivity index (χ2n) is 4.24. The van der Waals surface area contributed by atoms with Gasteiger partial charge in [0.05, 0.1) is 0 Å². The van der Waals surface area contributed by atoms with E-state index in [1.165, 1.54) is 10.8 Å². The first-order chi connectivity index (χ1) is 8.72. The summed E-state index contributed by atoms with van der Waals surface area (Å²) in [6.45, 7) is 3.54. The number of benzene rings is 2. The van der Waals surface area contributed by atoms with Crippen molar-refractivity contribution in [3.8, 4) is 0 Å². The summed E-state index contributed by atoms with van der Waals surface area (Å²) in [6, 6.07) is 14.4. The van der Waals surface area contributed by atoms with Crippen molar-refractivity contribution in [3.05, 3.63) is 66.3 Å². The quantitative estimate of drug-likeness (QED) is 0.570. The third kappa shape index (κ3) is 2.57. The molecule has 0 radical (unpaired) electrons. The molecule has 0 spiro atoms. The molecule has 2 aromatic rings. The van der Waals surface area contributed by atoms with Crippen LogP contribution in [0.2, 0.25) is 0 Å². The van der Waals surface area contributed by atoms with Gasteiger partial charge in [0.15, 0.2) is 5.78 Å². The molecular formula is C17H16O. The van der Waals surface area contributed by atoms with Crippen molar-refractivity contribution < 1.29 is 4.79 Å². The summed E-state index contributed by atoms with van der Waals surface area (Å²) in [7, 11) is 0. The van der Waals surface area contributed by atoms with Crippen molar-refractivity contribution in [2.75, 3.05) is 0 Å². The standard InChI is InChI=1S/C17H16O/c1-3-7-15(12-13(2)18)17-11-6-9-14-8-4-5-10-16(14)17/h3-12H,1-2H3/b7-3-,15-12+. The molecule has 0 bridgehead atoms. The number of hydrogen-bond donors (Lipinski definition) is 0. The highest BCUT2D eigenvalue weighted by molar-refractivity contribution is 6.03. The van der Waals surface area contributed by atoms with Crippen molar-refractivity contribution in [3.63, 3.8) is 0 Å². The minimum absolute atomic E-state index is 0.0658. The first kappa shape index (κ1) is 12.3. The van der Waals surface area contributed by atoms with E-state index in [1.807, 2.05) is 37.3 Å². The van der Waals surface area contributed by atoms with Crippen LogP contribution in [-0.2, 0) is 4.79 Å². The highest BCUT2D eigenvalue weighted by Crippen LogP contribution is 2.25. The first-order valence-corrected chi connectivity index (χ1v) is 6.05. The van der Waals surface area contributed by atoms with Gasteiger partial charge in [0.1, 0.15) is 0 Å². The molecular weight excluding hydrogens is 220 g/mol. The summed E-state index contributed by atoms with van der Waals surface area (Å²) in [5, 5.41) is 2.36. The maximum absolute atomic E-state index is 11.3. The van der Waals surface area contributed by atoms with Crippen LogP contribution in [0.3, 0.4) is 0 Å². The molecule has 0 N–H and O–H groups in total. The average Bonchev–Trinajstić information content (AvgIpc) is 2.37. The Labute approximate surface area is 107 Å². The fourth-order valence-electron chi connectivity index (χ4n) is 2.09. The van der Waals surface area contributed by atoms with Gasteiger partial charge in [0, 0.05) is 0 Å². The lowest BCUT2D eigenvalue weighted by atomic mass is 9.97. The van der Waals surface area contributed by atoms with E-state index < -0.39 is 0 Å². The van der Waals surface area contributed by atoms with Gasteiger partial charge in [-0.15, -0.1) is 0 Å². The molecule has 0 fully saturated rings. The minimum atomic E-state index is 0.0658. The van der Waals surface area contributed by atoms with Crippen molar-refractivity contribution in [2.45, 2.75) is 13.8 Å². The molecule has 1 nitrogen and oxygen atoms in total. The average molecular weight is 236 g/mol. The molecule has 2 aromatic carbocycles. The Balaban J connectivity index is 2.68. The molecule has 90 valence electrons. The van der Waals surface area contributed by atoms with E-state index in [-0.39, 0.29) is 5.78 Å². The van der Waals surface area contributed by atoms with Gasteiger partial charge < -0.3 is 0 Å². The second kappa shape index (κ2) is 5.46. The van der Waals surface area contributed by atoms with E-state index in [9.17, 15) is 4.79 Å². The number of fused-ring (bicyclic) bond motifs is 1. The highest BCUT2D eigenvalue weighted by Gasteiger charge is 2.04. The number of rotatable bonds is 3. The molecule has 0 saturated carbocycles. The molecule has 0 aliphatic rings. The summed E-state index contributed by atoms with van der Waals surface area (Å²) in [6.07, 6.45) is 5.61. The van der Waals surface area contributed by atoms with Crippen LogP contribution in [0.5, 0.6) is 0 Å². The Morgan fingerprint density at radius 3 is 2.50 bits per heavy atom. The third-order valence-electron chi connectivity index (χ3n) is 2.81. The fourth-order valence-corrected chi connectivity index (χ4v) is 2.09. The van der Waals surface area contributed by atoms with Gasteiger partial charge in [0.2, 0.25) is 0 Å². The van der Waals surface area contributed by atoms with Gasteiger partial charge in [-0.1, -0.05) is 54.6 Å². The molecule has 0 aliphatic heterocycles. The molecule has 2 rings (SSSR count). The fraction of sp³-hybridized carbons (Fsp3) is 0.118. The van der Waals surface area contributed by atoms with Gasteiger partial charge in [-0.3, -0.25) is 4.79 Å². The van der Waals surface area contributed by atoms with Crippen LogP contribution in [0.15, 0.2) is 60.7 Å². The third-order valence-corrected chi connectivity index (χ3v) is 2.81. The molecule has 0 saturated heterocycles. The Hall–Kier alpha value is -2.15. The summed E-state index contributed by atoms with van der Waals surface area (Å²) < 4.78 is 0. The van der Waals surface area contributed by atoms with E-state index in [0.29, 0.717) is 0 Å². The largest absolute Gasteiger partial charge is 0.295 e. The van der Waals surface area contributed by atoms with Crippen LogP contribution >= 0.6 is 0 Å². The van der Waals surface area contributed by atoms with Gasteiger partial charge in [0.25, 0.3) is 0 Å². The molecule has 0 unspecified atom stereocenters. The van der Waals surface area contributed by atoms with Crippen LogP contribution in [0, 0.1) is 0 Å². The molecule has 1 heteroatoms. The van der Waals surface area contributed by atoms with E-state index in [4.69, 9.17) is 0 Å². The van der Waals surface area contributed by atoms with Crippen LogP contribution in [0.25, 0.3) is 16.3 Å². The Morgan fingerprint density at radius 1 is 1.06 bits per heavy atom. The SMILES string of the molecule is C/C=C\C(=C/C(C)=O)c1cccc2ccccc12. The summed E-state index contributed by atoms with van der Waals surface area (Å²) in [5.74, 6) is 0.0658. The molecule has 0 aromatic heterocycles. The van der Waals surface area contributed by atoms with Crippen LogP contribution in [0.1, 0.15) is 19.4 Å². The number of allylic oxidation sites excluding steroid dienone is 4. The Morgan fingerprint density at radius 2 is 1.78 bits per heavy atom. The zero-order valence-corrected chi connectivity index (χ0v) is 10.7. The van der Waals surface area contributed by atoms with Crippen molar-refractivity contribution >= 4 is 22.1 Å². The van der Waals surface area contributed by atoms with Crippen LogP contribution < -0.4 is 0 Å². The zero-order chi connectivity index (χ0) is 13.0. The normalized spacial score (nSPS) is 12.2. The molecule has 0 aliphatic carbocycles. The number of carbonyl (C=O) groups is 1. The van der Waals surface area contributed by atoms with Crippen molar-refractivity contribution in [2.24, 2.45) is 0 Å². The smallest absolute Gasteiger partial charge is 0.153 e. The number of ketones is 1. The molecule has 0 amide bonds. The monoisotopic (exact) mass is 236 g/mol. The van der Waals surface area contributed by atoms with Gasteiger partial charge in [-0.2, -0.15) is 0 Å². The van der Waals surface area contributed by atoms with Gasteiger partial charge in [-0.25, -0.2) is 0 Å². The topological polar surface area (TPSA) is 17.1 Å². The molecule has 0 atom stereocenters. The molecule has 18 heavy (non-hydrogen) atoms.